The van der Waals surface area contributed by atoms with Crippen molar-refractivity contribution in [3.05, 3.63) is 72.2 Å². The fourth-order valence-electron chi connectivity index (χ4n) is 5.12. The van der Waals surface area contributed by atoms with Gasteiger partial charge < -0.3 is 25.6 Å². The summed E-state index contributed by atoms with van der Waals surface area (Å²) in [4.78, 5) is 36.5. The molecular weight excluding hydrogens is 544 g/mol. The summed E-state index contributed by atoms with van der Waals surface area (Å²) in [5.41, 5.74) is 4.30. The van der Waals surface area contributed by atoms with Gasteiger partial charge in [-0.3, -0.25) is 14.0 Å². The van der Waals surface area contributed by atoms with Crippen LogP contribution in [-0.4, -0.2) is 70.9 Å². The Balaban J connectivity index is 1.25. The molecule has 220 valence electrons. The van der Waals surface area contributed by atoms with E-state index < -0.39 is 6.61 Å². The number of benzene rings is 2. The van der Waals surface area contributed by atoms with Gasteiger partial charge in [-0.05, 0) is 74.8 Å². The number of nitrogens with one attached hydrogen (secondary N) is 3. The molecule has 2 aromatic heterocycles. The molecule has 0 atom stereocenters. The van der Waals surface area contributed by atoms with E-state index in [1.54, 1.807) is 36.8 Å². The number of imidazole rings is 1. The zero-order valence-corrected chi connectivity index (χ0v) is 23.4. The SMILES string of the molecule is CNCCNC(=O)C1CCN(C(=O)c2ccc(Nc3nccn4c(-c5ccc(OC(F)F)cc5)cnc34)cc2C)CC1. The van der Waals surface area contributed by atoms with Crippen LogP contribution in [0.4, 0.5) is 20.3 Å². The van der Waals surface area contributed by atoms with E-state index in [9.17, 15) is 18.4 Å². The molecule has 0 aliphatic carbocycles. The number of anilines is 2. The minimum absolute atomic E-state index is 0.0452. The van der Waals surface area contributed by atoms with E-state index in [-0.39, 0.29) is 23.5 Å². The summed E-state index contributed by atoms with van der Waals surface area (Å²) < 4.78 is 31.3. The van der Waals surface area contributed by atoms with Crippen LogP contribution in [0.15, 0.2) is 61.1 Å². The van der Waals surface area contributed by atoms with E-state index in [1.807, 2.05) is 35.4 Å². The highest BCUT2D eigenvalue weighted by Gasteiger charge is 2.28. The van der Waals surface area contributed by atoms with Crippen LogP contribution in [0.1, 0.15) is 28.8 Å². The molecule has 0 unspecified atom stereocenters. The van der Waals surface area contributed by atoms with Crippen LogP contribution in [0, 0.1) is 12.8 Å². The number of aryl methyl sites for hydroxylation is 1. The molecule has 5 rings (SSSR count). The topological polar surface area (TPSA) is 113 Å². The monoisotopic (exact) mass is 577 g/mol. The molecule has 2 amide bonds. The van der Waals surface area contributed by atoms with Crippen molar-refractivity contribution < 1.29 is 23.1 Å². The number of nitrogens with zero attached hydrogens (tertiary/aromatic N) is 4. The van der Waals surface area contributed by atoms with Crippen LogP contribution < -0.4 is 20.7 Å². The quantitative estimate of drug-likeness (QED) is 0.242. The summed E-state index contributed by atoms with van der Waals surface area (Å²) in [6.07, 6.45) is 6.39. The number of fused-ring (bicyclic) bond motifs is 1. The van der Waals surface area contributed by atoms with Gasteiger partial charge in [-0.15, -0.1) is 0 Å². The number of carbonyl (C=O) groups excluding carboxylic acids is 2. The minimum Gasteiger partial charge on any atom is -0.435 e. The number of piperidine rings is 1. The molecule has 1 aliphatic rings. The Labute approximate surface area is 242 Å². The maximum absolute atomic E-state index is 13.3. The number of hydrogen-bond donors (Lipinski definition) is 3. The number of ether oxygens (including phenoxy) is 1. The van der Waals surface area contributed by atoms with E-state index in [1.165, 1.54) is 12.1 Å². The highest BCUT2D eigenvalue weighted by atomic mass is 19.3. The molecule has 1 aliphatic heterocycles. The average Bonchev–Trinajstić information content (AvgIpc) is 3.42. The van der Waals surface area contributed by atoms with Crippen LogP contribution in [0.3, 0.4) is 0 Å². The van der Waals surface area contributed by atoms with Crippen LogP contribution in [0.2, 0.25) is 0 Å². The molecular formula is C30H33F2N7O3. The number of alkyl halides is 2. The van der Waals surface area contributed by atoms with Crippen molar-refractivity contribution in [1.82, 2.24) is 29.9 Å². The molecule has 0 bridgehead atoms. The van der Waals surface area contributed by atoms with Crippen molar-refractivity contribution in [2.75, 3.05) is 38.5 Å². The maximum atomic E-state index is 13.3. The van der Waals surface area contributed by atoms with Gasteiger partial charge >= 0.3 is 6.61 Å². The van der Waals surface area contributed by atoms with Gasteiger partial charge in [-0.1, -0.05) is 0 Å². The smallest absolute Gasteiger partial charge is 0.387 e. The first-order valence-electron chi connectivity index (χ1n) is 13.8. The van der Waals surface area contributed by atoms with Gasteiger partial charge in [-0.2, -0.15) is 8.78 Å². The number of aromatic nitrogens is 3. The summed E-state index contributed by atoms with van der Waals surface area (Å²) in [7, 11) is 1.84. The Hall–Kier alpha value is -4.58. The number of carbonyl (C=O) groups is 2. The predicted octanol–water partition coefficient (Wildman–Crippen LogP) is 4.24. The maximum Gasteiger partial charge on any atom is 0.387 e. The Bertz CT molecular complexity index is 1550. The molecule has 1 saturated heterocycles. The van der Waals surface area contributed by atoms with Crippen molar-refractivity contribution in [3.63, 3.8) is 0 Å². The van der Waals surface area contributed by atoms with Crippen molar-refractivity contribution in [2.24, 2.45) is 5.92 Å². The lowest BCUT2D eigenvalue weighted by atomic mass is 9.95. The normalized spacial score (nSPS) is 13.9. The Kier molecular flexibility index (Phi) is 8.91. The van der Waals surface area contributed by atoms with E-state index in [4.69, 9.17) is 0 Å². The Morgan fingerprint density at radius 3 is 2.52 bits per heavy atom. The van der Waals surface area contributed by atoms with Gasteiger partial charge in [0, 0.05) is 61.3 Å². The number of rotatable bonds is 10. The van der Waals surface area contributed by atoms with E-state index in [2.05, 4.69) is 30.7 Å². The van der Waals surface area contributed by atoms with Gasteiger partial charge in [-0.25, -0.2) is 9.97 Å². The van der Waals surface area contributed by atoms with Crippen molar-refractivity contribution >= 4 is 29.0 Å². The van der Waals surface area contributed by atoms with Gasteiger partial charge in [0.15, 0.2) is 11.5 Å². The highest BCUT2D eigenvalue weighted by Crippen LogP contribution is 2.28. The second-order valence-corrected chi connectivity index (χ2v) is 10.1. The van der Waals surface area contributed by atoms with Gasteiger partial charge in [0.2, 0.25) is 5.91 Å². The summed E-state index contributed by atoms with van der Waals surface area (Å²) in [6, 6.07) is 11.9. The fourth-order valence-corrected chi connectivity index (χ4v) is 5.12. The third-order valence-corrected chi connectivity index (χ3v) is 7.35. The minimum atomic E-state index is -2.88. The summed E-state index contributed by atoms with van der Waals surface area (Å²) in [5, 5.41) is 9.25. The summed E-state index contributed by atoms with van der Waals surface area (Å²) in [5.74, 6) is 0.535. The molecule has 12 heteroatoms. The first-order chi connectivity index (χ1) is 20.3. The van der Waals surface area contributed by atoms with Crippen molar-refractivity contribution in [3.8, 4) is 17.0 Å². The highest BCUT2D eigenvalue weighted by molar-refractivity contribution is 5.96. The molecule has 10 nitrogen and oxygen atoms in total. The standard InChI is InChI=1S/C30H33F2N7O3/c1-19-17-22(5-8-24(19)29(41)38-14-9-21(10-15-38)28(40)35-12-11-33-2)37-26-27-36-18-25(39(27)16-13-34-26)20-3-6-23(7-4-20)42-30(31)32/h3-8,13,16-18,21,30,33H,9-12,14-15H2,1-2H3,(H,34,37)(H,35,40). The third-order valence-electron chi connectivity index (χ3n) is 7.35. The summed E-state index contributed by atoms with van der Waals surface area (Å²) >= 11 is 0. The Morgan fingerprint density at radius 2 is 1.83 bits per heavy atom. The van der Waals surface area contributed by atoms with Crippen LogP contribution in [-0.2, 0) is 4.79 Å². The van der Waals surface area contributed by atoms with E-state index >= 15 is 0 Å². The largest absolute Gasteiger partial charge is 0.435 e. The molecule has 0 spiro atoms. The van der Waals surface area contributed by atoms with Crippen molar-refractivity contribution in [1.29, 1.82) is 0 Å². The zero-order valence-electron chi connectivity index (χ0n) is 23.4. The van der Waals surface area contributed by atoms with Gasteiger partial charge in [0.25, 0.3) is 5.91 Å². The molecule has 0 radical (unpaired) electrons. The molecule has 0 saturated carbocycles. The molecule has 3 heterocycles. The number of likely N-dealkylation sites (N-methyl/N-ethyl adjacent to an activating group) is 1. The van der Waals surface area contributed by atoms with Crippen LogP contribution in [0.25, 0.3) is 16.9 Å². The average molecular weight is 578 g/mol. The number of amides is 2. The number of likely N-dealkylation sites (tertiary alicyclic amines) is 1. The molecule has 42 heavy (non-hydrogen) atoms. The lowest BCUT2D eigenvalue weighted by Gasteiger charge is -2.31. The lowest BCUT2D eigenvalue weighted by molar-refractivity contribution is -0.126. The van der Waals surface area contributed by atoms with E-state index in [0.29, 0.717) is 49.5 Å². The second-order valence-electron chi connectivity index (χ2n) is 10.1. The van der Waals surface area contributed by atoms with Crippen LogP contribution >= 0.6 is 0 Å². The first-order valence-corrected chi connectivity index (χ1v) is 13.8. The molecule has 1 fully saturated rings. The number of hydrogen-bond acceptors (Lipinski definition) is 7. The summed E-state index contributed by atoms with van der Waals surface area (Å²) in [6.45, 7) is 1.40. The zero-order chi connectivity index (χ0) is 29.6. The lowest BCUT2D eigenvalue weighted by Crippen LogP contribution is -2.44. The second kappa shape index (κ2) is 12.9. The molecule has 2 aromatic carbocycles. The Morgan fingerprint density at radius 1 is 1.07 bits per heavy atom. The van der Waals surface area contributed by atoms with Crippen molar-refractivity contribution in [2.45, 2.75) is 26.4 Å². The van der Waals surface area contributed by atoms with Crippen LogP contribution in [0.5, 0.6) is 5.75 Å². The predicted molar refractivity (Wildman–Crippen MR) is 155 cm³/mol. The van der Waals surface area contributed by atoms with E-state index in [0.717, 1.165) is 29.1 Å². The van der Waals surface area contributed by atoms with Gasteiger partial charge in [0.1, 0.15) is 5.75 Å². The number of halogens is 2. The molecule has 4 aromatic rings. The first kappa shape index (κ1) is 28.9. The molecule has 3 N–H and O–H groups in total. The fraction of sp³-hybridized carbons (Fsp3) is 0.333. The third kappa shape index (κ3) is 6.49. The van der Waals surface area contributed by atoms with Gasteiger partial charge in [0.05, 0.1) is 11.9 Å².